The Morgan fingerprint density at radius 3 is 2.65 bits per heavy atom. The van der Waals surface area contributed by atoms with Crippen molar-refractivity contribution in [1.82, 2.24) is 4.90 Å². The molecular weight excluding hydrogens is 335 g/mol. The molecule has 1 aliphatic rings. The van der Waals surface area contributed by atoms with Crippen LogP contribution in [0.3, 0.4) is 0 Å². The molecule has 0 amide bonds. The molecule has 1 aliphatic heterocycles. The molecule has 0 aliphatic carbocycles. The number of piperidine rings is 1. The van der Waals surface area contributed by atoms with Crippen LogP contribution in [0.5, 0.6) is 11.5 Å². The quantitative estimate of drug-likeness (QED) is 0.866. The van der Waals surface area contributed by atoms with Crippen molar-refractivity contribution in [2.75, 3.05) is 26.8 Å². The van der Waals surface area contributed by atoms with Crippen LogP contribution in [0.25, 0.3) is 0 Å². The summed E-state index contributed by atoms with van der Waals surface area (Å²) in [5.41, 5.74) is 7.49. The summed E-state index contributed by atoms with van der Waals surface area (Å²) >= 11 is 6.32. The summed E-state index contributed by atoms with van der Waals surface area (Å²) < 4.78 is 11.0. The third kappa shape index (κ3) is 4.90. The lowest BCUT2D eigenvalue weighted by molar-refractivity contribution is 0.0898. The van der Waals surface area contributed by atoms with Gasteiger partial charge in [-0.3, -0.25) is 4.90 Å². The van der Waals surface area contributed by atoms with Crippen LogP contribution in [0.2, 0.25) is 5.02 Å². The van der Waals surface area contributed by atoms with Crippen molar-refractivity contribution in [2.24, 2.45) is 11.1 Å². The Hall–Kier alpha value is -0.680. The highest BCUT2D eigenvalue weighted by Gasteiger charge is 2.33. The maximum Gasteiger partial charge on any atom is 0.179 e. The Morgan fingerprint density at radius 1 is 1.39 bits per heavy atom. The maximum atomic E-state index is 6.32. The number of benzene rings is 1. The summed E-state index contributed by atoms with van der Waals surface area (Å²) in [7, 11) is 1.61. The molecule has 0 radical (unpaired) electrons. The van der Waals surface area contributed by atoms with Gasteiger partial charge in [0.15, 0.2) is 11.5 Å². The molecule has 2 rings (SSSR count). The van der Waals surface area contributed by atoms with Crippen molar-refractivity contribution in [2.45, 2.75) is 39.8 Å². The molecule has 2 N–H and O–H groups in total. The zero-order valence-corrected chi connectivity index (χ0v) is 16.0. The molecule has 1 saturated heterocycles. The average molecular weight is 363 g/mol. The van der Waals surface area contributed by atoms with E-state index < -0.39 is 0 Å². The summed E-state index contributed by atoms with van der Waals surface area (Å²) in [6, 6.07) is 4.25. The first-order valence-electron chi connectivity index (χ1n) is 7.84. The van der Waals surface area contributed by atoms with E-state index >= 15 is 0 Å². The molecule has 1 atom stereocenters. The molecule has 0 bridgehead atoms. The van der Waals surface area contributed by atoms with E-state index in [1.807, 2.05) is 19.1 Å². The lowest BCUT2D eigenvalue weighted by Gasteiger charge is -2.42. The first-order valence-corrected chi connectivity index (χ1v) is 8.22. The van der Waals surface area contributed by atoms with E-state index in [0.717, 1.165) is 31.6 Å². The fraction of sp³-hybridized carbons (Fsp3) is 0.647. The summed E-state index contributed by atoms with van der Waals surface area (Å²) in [6.07, 6.45) is 1.02. The number of halogens is 2. The zero-order valence-electron chi connectivity index (χ0n) is 14.4. The molecular formula is C17H28Cl2N2O2. The Bertz CT molecular complexity index is 524. The predicted molar refractivity (Wildman–Crippen MR) is 98.1 cm³/mol. The minimum atomic E-state index is 0. The van der Waals surface area contributed by atoms with E-state index in [4.69, 9.17) is 26.8 Å². The Labute approximate surface area is 150 Å². The van der Waals surface area contributed by atoms with Crippen molar-refractivity contribution in [3.05, 3.63) is 22.7 Å². The molecule has 1 unspecified atom stereocenters. The van der Waals surface area contributed by atoms with E-state index in [1.165, 1.54) is 0 Å². The number of ether oxygens (including phenoxy) is 2. The highest BCUT2D eigenvalue weighted by Crippen LogP contribution is 2.37. The van der Waals surface area contributed by atoms with Gasteiger partial charge in [-0.05, 0) is 36.5 Å². The van der Waals surface area contributed by atoms with Gasteiger partial charge in [-0.15, -0.1) is 12.4 Å². The number of rotatable bonds is 5. The summed E-state index contributed by atoms with van der Waals surface area (Å²) in [5.74, 6) is 1.31. The van der Waals surface area contributed by atoms with Crippen LogP contribution in [0.15, 0.2) is 12.1 Å². The van der Waals surface area contributed by atoms with E-state index in [0.29, 0.717) is 23.1 Å². The van der Waals surface area contributed by atoms with Gasteiger partial charge in [0, 0.05) is 25.7 Å². The van der Waals surface area contributed by atoms with E-state index in [2.05, 4.69) is 18.7 Å². The SMILES string of the molecule is CCOc1cc(CN2CCC(N)C(C)(C)C2)cc(Cl)c1OC.Cl. The molecule has 6 heteroatoms. The monoisotopic (exact) mass is 362 g/mol. The average Bonchev–Trinajstić information content (AvgIpc) is 2.43. The van der Waals surface area contributed by atoms with Gasteiger partial charge in [0.2, 0.25) is 0 Å². The maximum absolute atomic E-state index is 6.32. The Balaban J connectivity index is 0.00000264. The van der Waals surface area contributed by atoms with E-state index in [-0.39, 0.29) is 23.9 Å². The van der Waals surface area contributed by atoms with Gasteiger partial charge in [0.05, 0.1) is 18.7 Å². The number of nitrogens with two attached hydrogens (primary N) is 1. The highest BCUT2D eigenvalue weighted by atomic mass is 35.5. The largest absolute Gasteiger partial charge is 0.491 e. The molecule has 1 heterocycles. The van der Waals surface area contributed by atoms with Crippen molar-refractivity contribution in [3.8, 4) is 11.5 Å². The highest BCUT2D eigenvalue weighted by molar-refractivity contribution is 6.32. The number of nitrogens with zero attached hydrogens (tertiary/aromatic N) is 1. The second-order valence-electron chi connectivity index (χ2n) is 6.64. The minimum Gasteiger partial charge on any atom is -0.491 e. The molecule has 23 heavy (non-hydrogen) atoms. The summed E-state index contributed by atoms with van der Waals surface area (Å²) in [5, 5.41) is 0.594. The standard InChI is InChI=1S/C17H27ClN2O2.ClH/c1-5-22-14-9-12(8-13(18)16(14)21-4)10-20-7-6-15(19)17(2,3)11-20;/h8-9,15H,5-7,10-11,19H2,1-4H3;1H. The second-order valence-corrected chi connectivity index (χ2v) is 7.04. The van der Waals surface area contributed by atoms with Crippen molar-refractivity contribution in [3.63, 3.8) is 0 Å². The lowest BCUT2D eigenvalue weighted by atomic mass is 9.79. The molecule has 0 aromatic heterocycles. The van der Waals surface area contributed by atoms with Gasteiger partial charge < -0.3 is 15.2 Å². The molecule has 132 valence electrons. The zero-order chi connectivity index (χ0) is 16.3. The Kier molecular flexibility index (Phi) is 7.46. The van der Waals surface area contributed by atoms with Gasteiger partial charge in [-0.1, -0.05) is 25.4 Å². The van der Waals surface area contributed by atoms with Crippen LogP contribution in [-0.2, 0) is 6.54 Å². The third-order valence-corrected chi connectivity index (χ3v) is 4.65. The van der Waals surface area contributed by atoms with Gasteiger partial charge in [-0.25, -0.2) is 0 Å². The molecule has 1 aromatic carbocycles. The Morgan fingerprint density at radius 2 is 2.09 bits per heavy atom. The molecule has 0 saturated carbocycles. The molecule has 0 spiro atoms. The van der Waals surface area contributed by atoms with Gasteiger partial charge >= 0.3 is 0 Å². The topological polar surface area (TPSA) is 47.7 Å². The second kappa shape index (κ2) is 8.43. The normalized spacial score (nSPS) is 20.7. The number of likely N-dealkylation sites (tertiary alicyclic amines) is 1. The molecule has 1 fully saturated rings. The van der Waals surface area contributed by atoms with E-state index in [9.17, 15) is 0 Å². The smallest absolute Gasteiger partial charge is 0.179 e. The van der Waals surface area contributed by atoms with Crippen LogP contribution in [0, 0.1) is 5.41 Å². The van der Waals surface area contributed by atoms with Crippen LogP contribution in [-0.4, -0.2) is 37.7 Å². The fourth-order valence-electron chi connectivity index (χ4n) is 3.05. The van der Waals surface area contributed by atoms with Crippen molar-refractivity contribution < 1.29 is 9.47 Å². The summed E-state index contributed by atoms with van der Waals surface area (Å²) in [4.78, 5) is 2.43. The van der Waals surface area contributed by atoms with Crippen LogP contribution in [0.4, 0.5) is 0 Å². The number of methoxy groups -OCH3 is 1. The van der Waals surface area contributed by atoms with Gasteiger partial charge in [0.1, 0.15) is 0 Å². The summed E-state index contributed by atoms with van der Waals surface area (Å²) in [6.45, 7) is 9.85. The molecule has 1 aromatic rings. The van der Waals surface area contributed by atoms with E-state index in [1.54, 1.807) is 7.11 Å². The third-order valence-electron chi connectivity index (χ3n) is 4.37. The van der Waals surface area contributed by atoms with Gasteiger partial charge in [0.25, 0.3) is 0 Å². The van der Waals surface area contributed by atoms with Crippen LogP contribution in [0.1, 0.15) is 32.8 Å². The van der Waals surface area contributed by atoms with Crippen molar-refractivity contribution >= 4 is 24.0 Å². The lowest BCUT2D eigenvalue weighted by Crippen LogP contribution is -2.52. The minimum absolute atomic E-state index is 0. The first kappa shape index (κ1) is 20.4. The predicted octanol–water partition coefficient (Wildman–Crippen LogP) is 3.73. The number of hydrogen-bond donors (Lipinski definition) is 1. The van der Waals surface area contributed by atoms with Gasteiger partial charge in [-0.2, -0.15) is 0 Å². The first-order chi connectivity index (χ1) is 10.4. The fourth-order valence-corrected chi connectivity index (χ4v) is 3.36. The molecule has 4 nitrogen and oxygen atoms in total. The van der Waals surface area contributed by atoms with Crippen LogP contribution < -0.4 is 15.2 Å². The van der Waals surface area contributed by atoms with Crippen LogP contribution >= 0.6 is 24.0 Å². The van der Waals surface area contributed by atoms with Crippen molar-refractivity contribution in [1.29, 1.82) is 0 Å². The number of hydrogen-bond acceptors (Lipinski definition) is 4.